The second kappa shape index (κ2) is 9.14. The van der Waals surface area contributed by atoms with E-state index in [1.165, 1.54) is 38.1 Å². The highest BCUT2D eigenvalue weighted by Gasteiger charge is 2.13. The first-order valence-electron chi connectivity index (χ1n) is 13.6. The van der Waals surface area contributed by atoms with Crippen LogP contribution >= 0.6 is 0 Å². The smallest absolute Gasteiger partial charge is 0.0972 e. The molecular formula is C38H24N2. The highest BCUT2D eigenvalue weighted by Crippen LogP contribution is 2.37. The number of para-hydroxylation sites is 1. The van der Waals surface area contributed by atoms with E-state index in [-0.39, 0.29) is 0 Å². The number of benzene rings is 6. The Morgan fingerprint density at radius 1 is 0.400 bits per heavy atom. The minimum atomic E-state index is 0.879. The van der Waals surface area contributed by atoms with E-state index in [1.807, 2.05) is 12.3 Å². The van der Waals surface area contributed by atoms with Gasteiger partial charge >= 0.3 is 0 Å². The molecule has 6 aromatic carbocycles. The van der Waals surface area contributed by atoms with Crippen LogP contribution in [0, 0.1) is 0 Å². The van der Waals surface area contributed by atoms with Gasteiger partial charge in [0.25, 0.3) is 0 Å². The number of nitrogens with zero attached hydrogens (tertiary/aromatic N) is 2. The van der Waals surface area contributed by atoms with E-state index >= 15 is 0 Å². The van der Waals surface area contributed by atoms with Crippen LogP contribution in [-0.2, 0) is 0 Å². The fourth-order valence-corrected chi connectivity index (χ4v) is 5.97. The van der Waals surface area contributed by atoms with Crippen LogP contribution in [-0.4, -0.2) is 9.97 Å². The van der Waals surface area contributed by atoms with Crippen molar-refractivity contribution in [3.8, 4) is 33.6 Å². The Labute approximate surface area is 232 Å². The minimum Gasteiger partial charge on any atom is -0.255 e. The second-order valence-electron chi connectivity index (χ2n) is 10.2. The summed E-state index contributed by atoms with van der Waals surface area (Å²) >= 11 is 0. The van der Waals surface area contributed by atoms with Crippen LogP contribution < -0.4 is 0 Å². The molecule has 186 valence electrons. The fraction of sp³-hybridized carbons (Fsp3) is 0. The van der Waals surface area contributed by atoms with Crippen molar-refractivity contribution in [3.05, 3.63) is 146 Å². The molecular weight excluding hydrogens is 484 g/mol. The molecule has 40 heavy (non-hydrogen) atoms. The molecule has 0 atom stereocenters. The van der Waals surface area contributed by atoms with Gasteiger partial charge in [0, 0.05) is 17.0 Å². The second-order valence-corrected chi connectivity index (χ2v) is 10.2. The number of hydrogen-bond acceptors (Lipinski definition) is 2. The standard InChI is InChI=1S/C38H24N2/c1-2-10-29-28(9-1)23-35(31-12-4-3-11-30(29)31)26-19-17-25(18-20-26)27-21-22-39-37(24-27)38-34-15-6-5-13-32(34)33-14-7-8-16-36(33)40-38/h1-24H. The number of hydrogen-bond donors (Lipinski definition) is 0. The predicted molar refractivity (Wildman–Crippen MR) is 168 cm³/mol. The molecule has 0 N–H and O–H groups in total. The molecule has 0 radical (unpaired) electrons. The number of aromatic nitrogens is 2. The van der Waals surface area contributed by atoms with Gasteiger partial charge in [0.05, 0.1) is 16.9 Å². The summed E-state index contributed by atoms with van der Waals surface area (Å²) in [4.78, 5) is 9.81. The van der Waals surface area contributed by atoms with Crippen LogP contribution in [0.1, 0.15) is 0 Å². The van der Waals surface area contributed by atoms with Gasteiger partial charge in [-0.15, -0.1) is 0 Å². The average Bonchev–Trinajstić information content (AvgIpc) is 3.04. The van der Waals surface area contributed by atoms with Gasteiger partial charge in [-0.3, -0.25) is 4.98 Å². The van der Waals surface area contributed by atoms with E-state index in [0.717, 1.165) is 38.8 Å². The Bertz CT molecular complexity index is 2210. The first kappa shape index (κ1) is 22.6. The van der Waals surface area contributed by atoms with Gasteiger partial charge in [0.2, 0.25) is 0 Å². The lowest BCUT2D eigenvalue weighted by Crippen LogP contribution is -1.92. The van der Waals surface area contributed by atoms with E-state index in [4.69, 9.17) is 9.97 Å². The molecule has 8 aromatic rings. The van der Waals surface area contributed by atoms with Crippen LogP contribution in [0.4, 0.5) is 0 Å². The molecule has 0 fully saturated rings. The topological polar surface area (TPSA) is 25.8 Å². The normalized spacial score (nSPS) is 11.5. The monoisotopic (exact) mass is 508 g/mol. The largest absolute Gasteiger partial charge is 0.255 e. The van der Waals surface area contributed by atoms with E-state index in [0.29, 0.717) is 0 Å². The van der Waals surface area contributed by atoms with Crippen molar-refractivity contribution >= 4 is 43.2 Å². The first-order chi connectivity index (χ1) is 19.8. The Hall–Kier alpha value is -5.34. The van der Waals surface area contributed by atoms with Gasteiger partial charge in [-0.1, -0.05) is 115 Å². The lowest BCUT2D eigenvalue weighted by molar-refractivity contribution is 1.29. The first-order valence-corrected chi connectivity index (χ1v) is 13.6. The number of fused-ring (bicyclic) bond motifs is 6. The third kappa shape index (κ3) is 3.65. The zero-order valence-electron chi connectivity index (χ0n) is 21.8. The van der Waals surface area contributed by atoms with Crippen molar-refractivity contribution in [1.82, 2.24) is 9.97 Å². The van der Waals surface area contributed by atoms with E-state index < -0.39 is 0 Å². The molecule has 2 heteroatoms. The van der Waals surface area contributed by atoms with E-state index in [2.05, 4.69) is 133 Å². The number of rotatable bonds is 3. The van der Waals surface area contributed by atoms with Gasteiger partial charge in [0.1, 0.15) is 0 Å². The minimum absolute atomic E-state index is 0.879. The van der Waals surface area contributed by atoms with Crippen LogP contribution in [0.25, 0.3) is 76.9 Å². The maximum atomic E-state index is 5.05. The number of pyridine rings is 2. The summed E-state index contributed by atoms with van der Waals surface area (Å²) in [5.41, 5.74) is 7.52. The van der Waals surface area contributed by atoms with Gasteiger partial charge in [-0.05, 0) is 73.5 Å². The molecule has 8 rings (SSSR count). The summed E-state index contributed by atoms with van der Waals surface area (Å²) in [6.07, 6.45) is 1.89. The maximum Gasteiger partial charge on any atom is 0.0972 e. The van der Waals surface area contributed by atoms with Crippen LogP contribution in [0.15, 0.2) is 146 Å². The van der Waals surface area contributed by atoms with E-state index in [9.17, 15) is 0 Å². The van der Waals surface area contributed by atoms with E-state index in [1.54, 1.807) is 0 Å². The van der Waals surface area contributed by atoms with Crippen LogP contribution in [0.3, 0.4) is 0 Å². The highest BCUT2D eigenvalue weighted by atomic mass is 14.8. The SMILES string of the molecule is c1ccc2c(c1)cc(-c1ccc(-c3ccnc(-c4nc5ccccc5c5ccccc45)c3)cc1)c1ccccc12. The Kier molecular flexibility index (Phi) is 5.17. The molecule has 0 unspecified atom stereocenters. The third-order valence-corrected chi connectivity index (χ3v) is 7.91. The molecule has 0 amide bonds. The van der Waals surface area contributed by atoms with Gasteiger partial charge < -0.3 is 0 Å². The van der Waals surface area contributed by atoms with Crippen molar-refractivity contribution in [1.29, 1.82) is 0 Å². The molecule has 0 saturated carbocycles. The van der Waals surface area contributed by atoms with Crippen molar-refractivity contribution in [2.24, 2.45) is 0 Å². The van der Waals surface area contributed by atoms with Crippen LogP contribution in [0.2, 0.25) is 0 Å². The Balaban J connectivity index is 1.23. The molecule has 2 aromatic heterocycles. The highest BCUT2D eigenvalue weighted by molar-refractivity contribution is 6.14. The summed E-state index contributed by atoms with van der Waals surface area (Å²) < 4.78 is 0. The molecule has 0 aliphatic carbocycles. The van der Waals surface area contributed by atoms with Gasteiger partial charge in [0.15, 0.2) is 0 Å². The molecule has 0 spiro atoms. The zero-order valence-corrected chi connectivity index (χ0v) is 21.8. The average molecular weight is 509 g/mol. The van der Waals surface area contributed by atoms with Crippen molar-refractivity contribution in [3.63, 3.8) is 0 Å². The maximum absolute atomic E-state index is 5.05. The molecule has 0 bridgehead atoms. The van der Waals surface area contributed by atoms with Gasteiger partial charge in [-0.2, -0.15) is 0 Å². The quantitative estimate of drug-likeness (QED) is 0.222. The summed E-state index contributed by atoms with van der Waals surface area (Å²) in [6.45, 7) is 0. The molecule has 2 nitrogen and oxygen atoms in total. The van der Waals surface area contributed by atoms with Gasteiger partial charge in [-0.25, -0.2) is 4.98 Å². The van der Waals surface area contributed by atoms with Crippen molar-refractivity contribution < 1.29 is 0 Å². The molecule has 0 aliphatic heterocycles. The summed E-state index contributed by atoms with van der Waals surface area (Å²) in [5.74, 6) is 0. The molecule has 0 aliphatic rings. The molecule has 0 saturated heterocycles. The molecule has 2 heterocycles. The van der Waals surface area contributed by atoms with Crippen molar-refractivity contribution in [2.45, 2.75) is 0 Å². The van der Waals surface area contributed by atoms with Crippen molar-refractivity contribution in [2.75, 3.05) is 0 Å². The summed E-state index contributed by atoms with van der Waals surface area (Å²) in [5, 5.41) is 8.58. The summed E-state index contributed by atoms with van der Waals surface area (Å²) in [7, 11) is 0. The summed E-state index contributed by atoms with van der Waals surface area (Å²) in [6, 6.07) is 49.5. The Morgan fingerprint density at radius 2 is 1.00 bits per heavy atom. The fourth-order valence-electron chi connectivity index (χ4n) is 5.97. The zero-order chi connectivity index (χ0) is 26.5. The predicted octanol–water partition coefficient (Wildman–Crippen LogP) is 10.1. The lowest BCUT2D eigenvalue weighted by atomic mass is 9.92. The van der Waals surface area contributed by atoms with Crippen LogP contribution in [0.5, 0.6) is 0 Å². The Morgan fingerprint density at radius 3 is 1.80 bits per heavy atom. The lowest BCUT2D eigenvalue weighted by Gasteiger charge is -2.12. The third-order valence-electron chi connectivity index (χ3n) is 7.91.